The third-order valence-electron chi connectivity index (χ3n) is 5.74. The second kappa shape index (κ2) is 7.94. The van der Waals surface area contributed by atoms with Crippen LogP contribution in [0.5, 0.6) is 0 Å². The molecule has 2 aliphatic carbocycles. The first-order valence-corrected chi connectivity index (χ1v) is 9.13. The lowest BCUT2D eigenvalue weighted by molar-refractivity contribution is 0.0272. The Morgan fingerprint density at radius 1 is 1.19 bits per heavy atom. The van der Waals surface area contributed by atoms with Gasteiger partial charge in [-0.15, -0.1) is 0 Å². The fourth-order valence-corrected chi connectivity index (χ4v) is 3.89. The molecule has 0 saturated heterocycles. The van der Waals surface area contributed by atoms with Gasteiger partial charge in [-0.2, -0.15) is 0 Å². The van der Waals surface area contributed by atoms with Gasteiger partial charge in [0, 0.05) is 31.7 Å². The Morgan fingerprint density at radius 3 is 2.33 bits per heavy atom. The van der Waals surface area contributed by atoms with E-state index >= 15 is 0 Å². The largest absolute Gasteiger partial charge is 0.395 e. The predicted molar refractivity (Wildman–Crippen MR) is 89.5 cm³/mol. The number of hydrogen-bond donors (Lipinski definition) is 2. The lowest BCUT2D eigenvalue weighted by Gasteiger charge is -2.47. The van der Waals surface area contributed by atoms with Crippen LogP contribution in [0.1, 0.15) is 65.7 Å². The van der Waals surface area contributed by atoms with Crippen molar-refractivity contribution in [1.82, 2.24) is 10.2 Å². The zero-order valence-electron chi connectivity index (χ0n) is 14.4. The Morgan fingerprint density at radius 2 is 1.86 bits per heavy atom. The quantitative estimate of drug-likeness (QED) is 0.723. The van der Waals surface area contributed by atoms with Crippen molar-refractivity contribution in [2.24, 2.45) is 11.3 Å². The molecular weight excluding hydrogens is 260 g/mol. The highest BCUT2D eigenvalue weighted by Crippen LogP contribution is 2.40. The van der Waals surface area contributed by atoms with E-state index in [-0.39, 0.29) is 0 Å². The van der Waals surface area contributed by atoms with Crippen LogP contribution < -0.4 is 5.32 Å². The monoisotopic (exact) mass is 296 g/mol. The first-order valence-electron chi connectivity index (χ1n) is 9.13. The van der Waals surface area contributed by atoms with E-state index in [0.29, 0.717) is 18.1 Å². The van der Waals surface area contributed by atoms with Gasteiger partial charge in [0.15, 0.2) is 0 Å². The summed E-state index contributed by atoms with van der Waals surface area (Å²) in [6.07, 6.45) is 9.49. The fourth-order valence-electron chi connectivity index (χ4n) is 3.89. The number of rotatable bonds is 8. The molecule has 0 unspecified atom stereocenters. The molecule has 0 heterocycles. The zero-order chi connectivity index (χ0) is 15.3. The molecule has 2 N–H and O–H groups in total. The molecule has 0 aromatic carbocycles. The summed E-state index contributed by atoms with van der Waals surface area (Å²) < 4.78 is 0. The second-order valence-electron chi connectivity index (χ2n) is 8.00. The summed E-state index contributed by atoms with van der Waals surface area (Å²) in [5.41, 5.74) is 0.432. The van der Waals surface area contributed by atoms with Crippen molar-refractivity contribution in [2.75, 3.05) is 26.2 Å². The lowest BCUT2D eigenvalue weighted by atomic mass is 9.70. The molecule has 2 fully saturated rings. The first-order chi connectivity index (χ1) is 10.0. The Bertz CT molecular complexity index is 294. The maximum Gasteiger partial charge on any atom is 0.0558 e. The molecule has 124 valence electrons. The van der Waals surface area contributed by atoms with Crippen molar-refractivity contribution in [1.29, 1.82) is 0 Å². The molecule has 0 amide bonds. The maximum atomic E-state index is 9.42. The van der Waals surface area contributed by atoms with Crippen LogP contribution in [-0.4, -0.2) is 48.3 Å². The first kappa shape index (κ1) is 17.2. The van der Waals surface area contributed by atoms with Gasteiger partial charge >= 0.3 is 0 Å². The molecule has 3 nitrogen and oxygen atoms in total. The van der Waals surface area contributed by atoms with Gasteiger partial charge in [0.2, 0.25) is 0 Å². The Hall–Kier alpha value is -0.120. The second-order valence-corrected chi connectivity index (χ2v) is 8.00. The van der Waals surface area contributed by atoms with E-state index < -0.39 is 0 Å². The van der Waals surface area contributed by atoms with Crippen LogP contribution in [0.15, 0.2) is 0 Å². The number of aliphatic hydroxyl groups is 1. The summed E-state index contributed by atoms with van der Waals surface area (Å²) in [4.78, 5) is 2.60. The third kappa shape index (κ3) is 4.94. The van der Waals surface area contributed by atoms with Gasteiger partial charge in [-0.3, -0.25) is 4.90 Å². The average molecular weight is 296 g/mol. The fraction of sp³-hybridized carbons (Fsp3) is 1.00. The summed E-state index contributed by atoms with van der Waals surface area (Å²) in [6, 6.07) is 1.31. The molecule has 0 atom stereocenters. The molecule has 0 aliphatic heterocycles. The van der Waals surface area contributed by atoms with Gasteiger partial charge in [-0.1, -0.05) is 40.0 Å². The van der Waals surface area contributed by atoms with Crippen LogP contribution in [0.2, 0.25) is 0 Å². The van der Waals surface area contributed by atoms with Crippen LogP contribution in [0.3, 0.4) is 0 Å². The number of nitrogens with zero attached hydrogens (tertiary/aromatic N) is 1. The van der Waals surface area contributed by atoms with Crippen LogP contribution in [-0.2, 0) is 0 Å². The van der Waals surface area contributed by atoms with Gasteiger partial charge in [0.25, 0.3) is 0 Å². The van der Waals surface area contributed by atoms with E-state index in [0.717, 1.165) is 25.0 Å². The zero-order valence-corrected chi connectivity index (χ0v) is 14.4. The van der Waals surface area contributed by atoms with Crippen molar-refractivity contribution in [2.45, 2.75) is 77.8 Å². The average Bonchev–Trinajstić information content (AvgIpc) is 2.38. The van der Waals surface area contributed by atoms with E-state index in [1.807, 2.05) is 0 Å². The van der Waals surface area contributed by atoms with Crippen molar-refractivity contribution < 1.29 is 5.11 Å². The van der Waals surface area contributed by atoms with Crippen molar-refractivity contribution in [3.8, 4) is 0 Å². The predicted octanol–water partition coefficient (Wildman–Crippen LogP) is 3.03. The molecule has 0 aromatic rings. The van der Waals surface area contributed by atoms with Gasteiger partial charge in [0.05, 0.1) is 6.61 Å². The molecule has 0 radical (unpaired) electrons. The molecule has 21 heavy (non-hydrogen) atoms. The Kier molecular flexibility index (Phi) is 6.51. The summed E-state index contributed by atoms with van der Waals surface area (Å²) in [5.74, 6) is 0.896. The van der Waals surface area contributed by atoms with Gasteiger partial charge in [0.1, 0.15) is 0 Å². The summed E-state index contributed by atoms with van der Waals surface area (Å²) >= 11 is 0. The maximum absolute atomic E-state index is 9.42. The van der Waals surface area contributed by atoms with Crippen molar-refractivity contribution in [3.05, 3.63) is 0 Å². The minimum absolute atomic E-state index is 0.306. The van der Waals surface area contributed by atoms with Crippen LogP contribution in [0.4, 0.5) is 0 Å². The van der Waals surface area contributed by atoms with Crippen molar-refractivity contribution in [3.63, 3.8) is 0 Å². The molecule has 2 aliphatic rings. The smallest absolute Gasteiger partial charge is 0.0558 e. The molecular formula is C18H36N2O. The van der Waals surface area contributed by atoms with Crippen LogP contribution >= 0.6 is 0 Å². The summed E-state index contributed by atoms with van der Waals surface area (Å²) in [5, 5.41) is 13.1. The summed E-state index contributed by atoms with van der Waals surface area (Å²) in [6.45, 7) is 10.4. The molecule has 3 heteroatoms. The minimum atomic E-state index is 0.306. The van der Waals surface area contributed by atoms with E-state index in [2.05, 4.69) is 31.0 Å². The molecule has 2 rings (SSSR count). The molecule has 2 saturated carbocycles. The van der Waals surface area contributed by atoms with Gasteiger partial charge < -0.3 is 10.4 Å². The highest BCUT2D eigenvalue weighted by molar-refractivity contribution is 4.92. The van der Waals surface area contributed by atoms with E-state index in [1.165, 1.54) is 51.5 Å². The van der Waals surface area contributed by atoms with Crippen LogP contribution in [0.25, 0.3) is 0 Å². The Labute approximate surface area is 131 Å². The highest BCUT2D eigenvalue weighted by atomic mass is 16.3. The summed E-state index contributed by atoms with van der Waals surface area (Å²) in [7, 11) is 0. The number of nitrogens with one attached hydrogen (secondary N) is 1. The minimum Gasteiger partial charge on any atom is -0.395 e. The van der Waals surface area contributed by atoms with E-state index in [1.54, 1.807) is 0 Å². The topological polar surface area (TPSA) is 35.5 Å². The number of aliphatic hydroxyl groups excluding tert-OH is 1. The normalized spacial score (nSPS) is 30.9. The molecule has 0 aromatic heterocycles. The molecule has 0 spiro atoms. The third-order valence-corrected chi connectivity index (χ3v) is 5.74. The van der Waals surface area contributed by atoms with E-state index in [4.69, 9.17) is 0 Å². The lowest BCUT2D eigenvalue weighted by Crippen LogP contribution is -2.52. The van der Waals surface area contributed by atoms with Gasteiger partial charge in [-0.05, 0) is 37.0 Å². The van der Waals surface area contributed by atoms with E-state index in [9.17, 15) is 5.11 Å². The van der Waals surface area contributed by atoms with Crippen molar-refractivity contribution >= 4 is 0 Å². The van der Waals surface area contributed by atoms with Gasteiger partial charge in [-0.25, -0.2) is 0 Å². The number of hydrogen-bond acceptors (Lipinski definition) is 3. The Balaban J connectivity index is 1.98. The SMILES string of the molecule is CC1CCC(CNC(C)C)(CN(CCO)C2CCC2)CC1. The standard InChI is InChI=1S/C18H36N2O/c1-15(2)19-13-18(9-7-16(3)8-10-18)14-20(11-12-21)17-5-4-6-17/h15-17,19,21H,4-14H2,1-3H3. The highest BCUT2D eigenvalue weighted by Gasteiger charge is 2.38. The van der Waals surface area contributed by atoms with Crippen LogP contribution in [0, 0.1) is 11.3 Å². The molecule has 0 bridgehead atoms.